The fourth-order valence-electron chi connectivity index (χ4n) is 2.63. The van der Waals surface area contributed by atoms with Gasteiger partial charge in [0.2, 0.25) is 15.9 Å². The fourth-order valence-corrected chi connectivity index (χ4v) is 3.49. The molecule has 0 aliphatic carbocycles. The number of nitrogens with zero attached hydrogens (tertiary/aromatic N) is 3. The fraction of sp³-hybridized carbons (Fsp3) is 0.105. The third-order valence-corrected chi connectivity index (χ3v) is 4.99. The van der Waals surface area contributed by atoms with Gasteiger partial charge in [-0.3, -0.25) is 14.1 Å². The van der Waals surface area contributed by atoms with Crippen LogP contribution in [0.2, 0.25) is 0 Å². The lowest BCUT2D eigenvalue weighted by atomic mass is 10.2. The summed E-state index contributed by atoms with van der Waals surface area (Å²) in [6.45, 7) is -0.394. The molecule has 1 N–H and O–H groups in total. The van der Waals surface area contributed by atoms with E-state index in [-0.39, 0.29) is 0 Å². The minimum Gasteiger partial charge on any atom is -0.325 e. The average Bonchev–Trinajstić information content (AvgIpc) is 2.65. The van der Waals surface area contributed by atoms with E-state index in [1.165, 1.54) is 0 Å². The average molecular weight is 380 g/mol. The lowest BCUT2D eigenvalue weighted by Gasteiger charge is -2.22. The lowest BCUT2D eigenvalue weighted by molar-refractivity contribution is -0.114. The van der Waals surface area contributed by atoms with Gasteiger partial charge < -0.3 is 5.32 Å². The van der Waals surface area contributed by atoms with Gasteiger partial charge in [-0.25, -0.2) is 8.42 Å². The maximum atomic E-state index is 12.4. The standard InChI is InChI=1S/C19H16N4O3S/c1-27(25,26)23(17-6-2-4-15-5-3-11-21-19(15)17)13-18(24)22-16-9-7-14(12-20)8-10-16/h2-11H,13H2,1H3,(H,22,24). The van der Waals surface area contributed by atoms with Crippen molar-refractivity contribution in [2.45, 2.75) is 0 Å². The van der Waals surface area contributed by atoms with Crippen LogP contribution < -0.4 is 9.62 Å². The van der Waals surface area contributed by atoms with Gasteiger partial charge in [0.25, 0.3) is 0 Å². The second-order valence-electron chi connectivity index (χ2n) is 5.86. The number of hydrogen-bond acceptors (Lipinski definition) is 5. The molecule has 8 heteroatoms. The third-order valence-electron chi connectivity index (χ3n) is 3.87. The first-order chi connectivity index (χ1) is 12.9. The van der Waals surface area contributed by atoms with E-state index in [1.807, 2.05) is 18.2 Å². The summed E-state index contributed by atoms with van der Waals surface area (Å²) in [5, 5.41) is 12.2. The molecule has 0 bridgehead atoms. The lowest BCUT2D eigenvalue weighted by Crippen LogP contribution is -2.37. The molecule has 0 spiro atoms. The molecule has 0 radical (unpaired) electrons. The first-order valence-corrected chi connectivity index (χ1v) is 9.85. The summed E-state index contributed by atoms with van der Waals surface area (Å²) < 4.78 is 25.7. The van der Waals surface area contributed by atoms with E-state index >= 15 is 0 Å². The summed E-state index contributed by atoms with van der Waals surface area (Å²) in [6, 6.07) is 17.0. The van der Waals surface area contributed by atoms with Crippen LogP contribution in [0.25, 0.3) is 10.9 Å². The maximum Gasteiger partial charge on any atom is 0.245 e. The van der Waals surface area contributed by atoms with Crippen molar-refractivity contribution in [2.24, 2.45) is 0 Å². The van der Waals surface area contributed by atoms with Gasteiger partial charge in [-0.1, -0.05) is 18.2 Å². The molecular formula is C19H16N4O3S. The number of hydrogen-bond donors (Lipinski definition) is 1. The molecule has 2 aromatic carbocycles. The summed E-state index contributed by atoms with van der Waals surface area (Å²) in [4.78, 5) is 16.7. The van der Waals surface area contributed by atoms with E-state index in [4.69, 9.17) is 5.26 Å². The maximum absolute atomic E-state index is 12.4. The molecule has 0 atom stereocenters. The van der Waals surface area contributed by atoms with Gasteiger partial charge in [0.05, 0.1) is 29.1 Å². The quantitative estimate of drug-likeness (QED) is 0.732. The summed E-state index contributed by atoms with van der Waals surface area (Å²) in [5.41, 5.74) is 1.78. The molecule has 0 aliphatic heterocycles. The number of para-hydroxylation sites is 1. The predicted molar refractivity (Wildman–Crippen MR) is 104 cm³/mol. The highest BCUT2D eigenvalue weighted by Crippen LogP contribution is 2.26. The van der Waals surface area contributed by atoms with Crippen LogP contribution in [0.5, 0.6) is 0 Å². The highest BCUT2D eigenvalue weighted by molar-refractivity contribution is 7.92. The number of carbonyl (C=O) groups is 1. The summed E-state index contributed by atoms with van der Waals surface area (Å²) in [5.74, 6) is -0.502. The number of fused-ring (bicyclic) bond motifs is 1. The minimum atomic E-state index is -3.72. The Hall–Kier alpha value is -3.44. The predicted octanol–water partition coefficient (Wildman–Crippen LogP) is 2.51. The number of rotatable bonds is 5. The molecule has 0 aliphatic rings. The molecule has 0 fully saturated rings. The van der Waals surface area contributed by atoms with Crippen LogP contribution in [0.3, 0.4) is 0 Å². The van der Waals surface area contributed by atoms with Gasteiger partial charge in [0.1, 0.15) is 6.54 Å². The van der Waals surface area contributed by atoms with Crippen molar-refractivity contribution in [1.82, 2.24) is 4.98 Å². The number of nitrogens with one attached hydrogen (secondary N) is 1. The second kappa shape index (κ2) is 7.43. The Bertz CT molecular complexity index is 1130. The van der Waals surface area contributed by atoms with Crippen molar-refractivity contribution in [3.05, 3.63) is 66.4 Å². The molecule has 1 amide bonds. The SMILES string of the molecule is CS(=O)(=O)N(CC(=O)Nc1ccc(C#N)cc1)c1cccc2cccnc12. The van der Waals surface area contributed by atoms with E-state index in [2.05, 4.69) is 10.3 Å². The zero-order valence-electron chi connectivity index (χ0n) is 14.5. The van der Waals surface area contributed by atoms with E-state index in [0.29, 0.717) is 22.5 Å². The number of anilines is 2. The Kier molecular flexibility index (Phi) is 5.05. The van der Waals surface area contributed by atoms with Gasteiger partial charge in [0.15, 0.2) is 0 Å². The number of sulfonamides is 1. The van der Waals surface area contributed by atoms with Crippen LogP contribution in [0.15, 0.2) is 60.8 Å². The van der Waals surface area contributed by atoms with E-state index < -0.39 is 22.5 Å². The van der Waals surface area contributed by atoms with Crippen LogP contribution in [0.4, 0.5) is 11.4 Å². The molecular weight excluding hydrogens is 364 g/mol. The molecule has 1 heterocycles. The van der Waals surface area contributed by atoms with Gasteiger partial charge in [-0.15, -0.1) is 0 Å². The zero-order valence-corrected chi connectivity index (χ0v) is 15.3. The Morgan fingerprint density at radius 2 is 1.85 bits per heavy atom. The molecule has 0 saturated carbocycles. The molecule has 27 heavy (non-hydrogen) atoms. The van der Waals surface area contributed by atoms with E-state index in [0.717, 1.165) is 15.9 Å². The number of pyridine rings is 1. The van der Waals surface area contributed by atoms with Crippen molar-refractivity contribution in [1.29, 1.82) is 5.26 Å². The Balaban J connectivity index is 1.89. The van der Waals surface area contributed by atoms with E-state index in [9.17, 15) is 13.2 Å². The highest BCUT2D eigenvalue weighted by Gasteiger charge is 2.23. The Labute approximate surface area is 156 Å². The molecule has 0 saturated heterocycles. The molecule has 1 aromatic heterocycles. The summed E-state index contributed by atoms with van der Waals surface area (Å²) in [7, 11) is -3.72. The molecule has 136 valence electrons. The van der Waals surface area contributed by atoms with Crippen molar-refractivity contribution < 1.29 is 13.2 Å². The smallest absolute Gasteiger partial charge is 0.245 e. The van der Waals surface area contributed by atoms with Crippen LogP contribution in [-0.2, 0) is 14.8 Å². The van der Waals surface area contributed by atoms with Crippen molar-refractivity contribution in [3.8, 4) is 6.07 Å². The highest BCUT2D eigenvalue weighted by atomic mass is 32.2. The second-order valence-corrected chi connectivity index (χ2v) is 7.77. The number of amides is 1. The molecule has 3 aromatic rings. The van der Waals surface area contributed by atoms with Crippen molar-refractivity contribution in [3.63, 3.8) is 0 Å². The van der Waals surface area contributed by atoms with Gasteiger partial charge >= 0.3 is 0 Å². The first-order valence-electron chi connectivity index (χ1n) is 8.00. The van der Waals surface area contributed by atoms with Crippen LogP contribution >= 0.6 is 0 Å². The number of benzene rings is 2. The molecule has 7 nitrogen and oxygen atoms in total. The Morgan fingerprint density at radius 3 is 2.52 bits per heavy atom. The van der Waals surface area contributed by atoms with Crippen molar-refractivity contribution >= 4 is 38.2 Å². The van der Waals surface area contributed by atoms with Crippen LogP contribution in [0, 0.1) is 11.3 Å². The van der Waals surface area contributed by atoms with Crippen molar-refractivity contribution in [2.75, 3.05) is 22.4 Å². The van der Waals surface area contributed by atoms with Gasteiger partial charge in [0, 0.05) is 17.3 Å². The molecule has 0 unspecified atom stereocenters. The monoisotopic (exact) mass is 380 g/mol. The van der Waals surface area contributed by atoms with Crippen LogP contribution in [0.1, 0.15) is 5.56 Å². The normalized spacial score (nSPS) is 11.0. The largest absolute Gasteiger partial charge is 0.325 e. The Morgan fingerprint density at radius 1 is 1.15 bits per heavy atom. The topological polar surface area (TPSA) is 103 Å². The third kappa shape index (κ3) is 4.22. The van der Waals surface area contributed by atoms with Gasteiger partial charge in [-0.2, -0.15) is 5.26 Å². The van der Waals surface area contributed by atoms with Gasteiger partial charge in [-0.05, 0) is 36.4 Å². The van der Waals surface area contributed by atoms with E-state index in [1.54, 1.807) is 48.7 Å². The zero-order chi connectivity index (χ0) is 19.4. The number of carbonyl (C=O) groups excluding carboxylic acids is 1. The first kappa shape index (κ1) is 18.4. The summed E-state index contributed by atoms with van der Waals surface area (Å²) in [6.07, 6.45) is 2.62. The molecule has 3 rings (SSSR count). The number of nitriles is 1. The summed E-state index contributed by atoms with van der Waals surface area (Å²) >= 11 is 0. The van der Waals surface area contributed by atoms with Crippen LogP contribution in [-0.4, -0.2) is 32.1 Å². The minimum absolute atomic E-state index is 0.338. The number of aromatic nitrogens is 1.